The van der Waals surface area contributed by atoms with E-state index in [9.17, 15) is 0 Å². The fourth-order valence-corrected chi connectivity index (χ4v) is 6.65. The van der Waals surface area contributed by atoms with Crippen LogP contribution in [0.1, 0.15) is 81.0 Å². The normalized spacial score (nSPS) is 15.8. The van der Waals surface area contributed by atoms with Crippen molar-refractivity contribution < 1.29 is 19.5 Å². The molecule has 45 heavy (non-hydrogen) atoms. The molecule has 0 atom stereocenters. The maximum absolute atomic E-state index is 4.84. The number of aromatic nitrogens is 2. The third-order valence-electron chi connectivity index (χ3n) is 8.12. The van der Waals surface area contributed by atoms with E-state index in [4.69, 9.17) is 9.98 Å². The zero-order valence-corrected chi connectivity index (χ0v) is 31.4. The first-order chi connectivity index (χ1) is 20.9. The molecule has 0 fully saturated rings. The van der Waals surface area contributed by atoms with Crippen LogP contribution in [-0.2, 0) is 19.5 Å². The molecule has 4 heterocycles. The fraction of sp³-hybridized carbons (Fsp3) is 0.250. The van der Waals surface area contributed by atoms with Crippen LogP contribution in [0.3, 0.4) is 0 Å². The molecule has 0 N–H and O–H groups in total. The number of hydrogen-bond acceptors (Lipinski definition) is 2. The number of aryl methyl sites for hydroxylation is 8. The summed E-state index contributed by atoms with van der Waals surface area (Å²) in [4.78, 5) is 18.6. The molecule has 0 saturated carbocycles. The average molecular weight is 644 g/mol. The van der Waals surface area contributed by atoms with Crippen LogP contribution in [0, 0.1) is 55.4 Å². The first-order valence-electron chi connectivity index (χ1n) is 15.2. The van der Waals surface area contributed by atoms with E-state index in [0.717, 1.165) is 39.8 Å². The van der Waals surface area contributed by atoms with Crippen LogP contribution in [0.5, 0.6) is 0 Å². The molecule has 4 nitrogen and oxygen atoms in total. The quantitative estimate of drug-likeness (QED) is 0.208. The van der Waals surface area contributed by atoms with Crippen LogP contribution in [0.25, 0.3) is 11.1 Å². The van der Waals surface area contributed by atoms with E-state index in [1.54, 1.807) is 0 Å². The molecular formula is C40H42N4Zn. The summed E-state index contributed by atoms with van der Waals surface area (Å²) in [6.45, 7) is 21.3. The van der Waals surface area contributed by atoms with Gasteiger partial charge in [-0.05, 0) is 131 Å². The van der Waals surface area contributed by atoms with E-state index in [1.165, 1.54) is 61.2 Å². The average Bonchev–Trinajstić information content (AvgIpc) is 3.74. The molecule has 0 bridgehead atoms. The monoisotopic (exact) mass is 642 g/mol. The van der Waals surface area contributed by atoms with Crippen molar-refractivity contribution >= 4 is 23.1 Å². The van der Waals surface area contributed by atoms with Crippen molar-refractivity contribution in [3.63, 3.8) is 0 Å². The van der Waals surface area contributed by atoms with Crippen LogP contribution in [0.15, 0.2) is 93.8 Å². The van der Waals surface area contributed by atoms with Gasteiger partial charge in [0.05, 0.1) is 11.4 Å². The Labute approximate surface area is 281 Å². The first kappa shape index (κ1) is 33.8. The topological polar surface area (TPSA) is 52.9 Å². The van der Waals surface area contributed by atoms with Crippen LogP contribution in [0.4, 0.5) is 0 Å². The summed E-state index contributed by atoms with van der Waals surface area (Å²) in [5, 5.41) is 0. The summed E-state index contributed by atoms with van der Waals surface area (Å²) >= 11 is 0. The third-order valence-corrected chi connectivity index (χ3v) is 8.12. The largest absolute Gasteiger partial charge is 2.00 e. The summed E-state index contributed by atoms with van der Waals surface area (Å²) in [5.74, 6) is 0. The van der Waals surface area contributed by atoms with Crippen molar-refractivity contribution in [2.45, 2.75) is 69.2 Å². The fourth-order valence-electron chi connectivity index (χ4n) is 6.65. The van der Waals surface area contributed by atoms with E-state index in [-0.39, 0.29) is 19.5 Å². The number of nitrogens with zero attached hydrogens (tertiary/aromatic N) is 4. The molecule has 6 rings (SSSR count). The van der Waals surface area contributed by atoms with Gasteiger partial charge in [-0.1, -0.05) is 66.1 Å². The van der Waals surface area contributed by atoms with Gasteiger partial charge in [0.1, 0.15) is 0 Å². The van der Waals surface area contributed by atoms with Crippen molar-refractivity contribution in [1.29, 1.82) is 0 Å². The number of benzene rings is 2. The predicted molar refractivity (Wildman–Crippen MR) is 187 cm³/mol. The number of hydrogen-bond donors (Lipinski definition) is 0. The Morgan fingerprint density at radius 2 is 1.27 bits per heavy atom. The van der Waals surface area contributed by atoms with Crippen molar-refractivity contribution in [3.05, 3.63) is 151 Å². The second kappa shape index (κ2) is 13.9. The summed E-state index contributed by atoms with van der Waals surface area (Å²) in [7, 11) is 0. The number of allylic oxidation sites excluding steroid dienone is 4. The van der Waals surface area contributed by atoms with Crippen molar-refractivity contribution in [3.8, 4) is 0 Å². The maximum atomic E-state index is 4.84. The van der Waals surface area contributed by atoms with E-state index in [0.29, 0.717) is 0 Å². The number of aliphatic imine (C=N–C) groups is 2. The Kier molecular flexibility index (Phi) is 10.5. The van der Waals surface area contributed by atoms with Gasteiger partial charge in [0.25, 0.3) is 0 Å². The Morgan fingerprint density at radius 1 is 0.689 bits per heavy atom. The molecule has 2 aliphatic rings. The minimum absolute atomic E-state index is 0. The molecule has 0 saturated heterocycles. The van der Waals surface area contributed by atoms with Crippen molar-refractivity contribution in [2.24, 2.45) is 9.98 Å². The Bertz CT molecular complexity index is 1880. The number of rotatable bonds is 4. The summed E-state index contributed by atoms with van der Waals surface area (Å²) in [6, 6.07) is 15.1. The summed E-state index contributed by atoms with van der Waals surface area (Å²) < 4.78 is 0. The molecule has 2 aromatic heterocycles. The van der Waals surface area contributed by atoms with Gasteiger partial charge in [-0.3, -0.25) is 9.98 Å². The summed E-state index contributed by atoms with van der Waals surface area (Å²) in [6.07, 6.45) is 9.83. The zero-order valence-electron chi connectivity index (χ0n) is 28.4. The summed E-state index contributed by atoms with van der Waals surface area (Å²) in [5.41, 5.74) is 21.1. The SMILES string of the molecule is CC1=CC(C)=N/C1=C(\c1[n-]c(C)cc1C)c1c(C)cc(C)cc1C.Cc1cc(C)c(/C(=C2\C=CC=N2)c2ccc[n-]2)c(C)c1.[Zn+2]. The Hall–Kier alpha value is -4.08. The van der Waals surface area contributed by atoms with E-state index < -0.39 is 0 Å². The molecule has 224 valence electrons. The standard InChI is InChI=1S/C22H25N2.C18H17N2.Zn/c1-12-8-13(2)19(14(3)9-12)20(21-15(4)10-17(6)23-21)22-16(5)11-18(7)24-22;1-12-10-13(2)17(14(3)11-12)18(15-6-4-8-19-15)16-7-5-9-20-16;/h8-11H,1-7H3;4-11H,1-3H3;/q2*-1;+2/b21-20-;18-15+;. The molecule has 2 aromatic carbocycles. The van der Waals surface area contributed by atoms with E-state index in [2.05, 4.69) is 116 Å². The maximum Gasteiger partial charge on any atom is 2.00 e. The van der Waals surface area contributed by atoms with Gasteiger partial charge >= 0.3 is 19.5 Å². The predicted octanol–water partition coefficient (Wildman–Crippen LogP) is 9.33. The van der Waals surface area contributed by atoms with Crippen LogP contribution in [-0.4, -0.2) is 11.9 Å². The molecule has 4 aromatic rings. The molecule has 0 aliphatic carbocycles. The molecule has 0 spiro atoms. The van der Waals surface area contributed by atoms with Gasteiger partial charge in [0.2, 0.25) is 0 Å². The minimum Gasteiger partial charge on any atom is -0.664 e. The van der Waals surface area contributed by atoms with Crippen LogP contribution in [0.2, 0.25) is 0 Å². The zero-order chi connectivity index (χ0) is 31.7. The van der Waals surface area contributed by atoms with Gasteiger partial charge in [0.15, 0.2) is 0 Å². The molecule has 0 unspecified atom stereocenters. The molecular weight excluding hydrogens is 602 g/mol. The van der Waals surface area contributed by atoms with E-state index in [1.807, 2.05) is 36.7 Å². The van der Waals surface area contributed by atoms with Gasteiger partial charge in [0, 0.05) is 11.9 Å². The van der Waals surface area contributed by atoms with Crippen LogP contribution >= 0.6 is 0 Å². The molecule has 0 amide bonds. The molecule has 2 aliphatic heterocycles. The van der Waals surface area contributed by atoms with Crippen molar-refractivity contribution in [2.75, 3.05) is 0 Å². The van der Waals surface area contributed by atoms with Gasteiger partial charge < -0.3 is 9.97 Å². The first-order valence-corrected chi connectivity index (χ1v) is 15.2. The van der Waals surface area contributed by atoms with Crippen molar-refractivity contribution in [1.82, 2.24) is 9.97 Å². The van der Waals surface area contributed by atoms with E-state index >= 15 is 0 Å². The second-order valence-electron chi connectivity index (χ2n) is 12.2. The Balaban J connectivity index is 0.000000203. The van der Waals surface area contributed by atoms with Gasteiger partial charge in [-0.2, -0.15) is 11.9 Å². The Morgan fingerprint density at radius 3 is 1.69 bits per heavy atom. The smallest absolute Gasteiger partial charge is 0.664 e. The van der Waals surface area contributed by atoms with Gasteiger partial charge in [-0.25, -0.2) is 0 Å². The van der Waals surface area contributed by atoms with Gasteiger partial charge in [-0.15, -0.1) is 11.4 Å². The minimum atomic E-state index is 0. The molecule has 0 radical (unpaired) electrons. The molecule has 5 heteroatoms. The van der Waals surface area contributed by atoms with Crippen LogP contribution < -0.4 is 9.97 Å². The second-order valence-corrected chi connectivity index (χ2v) is 12.2. The third kappa shape index (κ3) is 7.10.